The average molecular weight is 469 g/mol. The molecule has 4 aliphatic rings. The van der Waals surface area contributed by atoms with Crippen molar-refractivity contribution in [3.63, 3.8) is 0 Å². The van der Waals surface area contributed by atoms with E-state index in [9.17, 15) is 18.3 Å². The van der Waals surface area contributed by atoms with Gasteiger partial charge >= 0.3 is 0 Å². The number of aliphatic hydroxyl groups excluding tert-OH is 1. The van der Waals surface area contributed by atoms with Crippen molar-refractivity contribution in [1.29, 1.82) is 0 Å². The third-order valence-corrected chi connectivity index (χ3v) is 9.17. The third-order valence-electron chi connectivity index (χ3n) is 8.06. The summed E-state index contributed by atoms with van der Waals surface area (Å²) in [6.45, 7) is 0. The smallest absolute Gasteiger partial charge is 0.274 e. The van der Waals surface area contributed by atoms with Gasteiger partial charge in [-0.15, -0.1) is 0 Å². The van der Waals surface area contributed by atoms with Gasteiger partial charge in [0.05, 0.1) is 11.0 Å². The van der Waals surface area contributed by atoms with E-state index in [-0.39, 0.29) is 34.0 Å². The van der Waals surface area contributed by atoms with Gasteiger partial charge in [0.1, 0.15) is 16.9 Å². The average Bonchev–Trinajstić information content (AvgIpc) is 3.23. The Kier molecular flexibility index (Phi) is 4.43. The highest BCUT2D eigenvalue weighted by Gasteiger charge is 2.56. The standard InChI is InChI=1S/C25H28N2O5S/c1-27-13-20(18-5-6-26-22(18)24(27)29)19-9-17(33(2,30)31)3-4-21(19)32-25-10-14-7-15(11-25)23(28)16(8-14)12-25/h3-6,9,13-16,23,26,28H,7-8,10-12H2,1-2H3. The molecule has 0 amide bonds. The molecule has 0 spiro atoms. The van der Waals surface area contributed by atoms with E-state index in [1.54, 1.807) is 37.6 Å². The zero-order chi connectivity index (χ0) is 23.1. The van der Waals surface area contributed by atoms with Gasteiger partial charge in [0.25, 0.3) is 5.56 Å². The molecule has 2 unspecified atom stereocenters. The first kappa shape index (κ1) is 21.0. The van der Waals surface area contributed by atoms with Crippen LogP contribution in [0.25, 0.3) is 22.0 Å². The number of nitrogens with zero attached hydrogens (tertiary/aromatic N) is 1. The summed E-state index contributed by atoms with van der Waals surface area (Å²) in [7, 11) is -1.75. The maximum atomic E-state index is 12.6. The largest absolute Gasteiger partial charge is 0.487 e. The molecule has 4 bridgehead atoms. The van der Waals surface area contributed by atoms with Gasteiger partial charge in [-0.2, -0.15) is 0 Å². The summed E-state index contributed by atoms with van der Waals surface area (Å²) in [5.41, 5.74) is 1.40. The zero-order valence-corrected chi connectivity index (χ0v) is 19.6. The second-order valence-electron chi connectivity index (χ2n) is 10.4. The summed E-state index contributed by atoms with van der Waals surface area (Å²) in [5.74, 6) is 1.73. The first-order valence-corrected chi connectivity index (χ1v) is 13.4. The summed E-state index contributed by atoms with van der Waals surface area (Å²) in [4.78, 5) is 15.8. The Labute approximate surface area is 192 Å². The lowest BCUT2D eigenvalue weighted by molar-refractivity contribution is -0.163. The lowest BCUT2D eigenvalue weighted by Gasteiger charge is -2.58. The van der Waals surface area contributed by atoms with E-state index in [1.807, 2.05) is 6.07 Å². The van der Waals surface area contributed by atoms with Gasteiger partial charge in [-0.1, -0.05) is 0 Å². The lowest BCUT2D eigenvalue weighted by Crippen LogP contribution is -2.59. The van der Waals surface area contributed by atoms with Gasteiger partial charge in [-0.25, -0.2) is 8.42 Å². The molecular weight excluding hydrogens is 440 g/mol. The van der Waals surface area contributed by atoms with E-state index in [1.165, 1.54) is 10.8 Å². The fourth-order valence-electron chi connectivity index (χ4n) is 6.80. The van der Waals surface area contributed by atoms with E-state index in [0.717, 1.165) is 43.1 Å². The number of sulfone groups is 1. The summed E-state index contributed by atoms with van der Waals surface area (Å²) in [5, 5.41) is 11.4. The van der Waals surface area contributed by atoms with Crippen LogP contribution in [0.4, 0.5) is 0 Å². The molecule has 7 rings (SSSR count). The number of fused-ring (bicyclic) bond motifs is 1. The van der Waals surface area contributed by atoms with E-state index < -0.39 is 9.84 Å². The van der Waals surface area contributed by atoms with Crippen molar-refractivity contribution >= 4 is 20.7 Å². The topological polar surface area (TPSA) is 101 Å². The summed E-state index contributed by atoms with van der Waals surface area (Å²) in [6.07, 6.45) is 9.15. The van der Waals surface area contributed by atoms with Crippen LogP contribution in [0.3, 0.4) is 0 Å². The van der Waals surface area contributed by atoms with Crippen molar-refractivity contribution in [3.8, 4) is 16.9 Å². The number of aliphatic hydroxyl groups is 1. The predicted octanol–water partition coefficient (Wildman–Crippen LogP) is 3.26. The van der Waals surface area contributed by atoms with Gasteiger partial charge in [0.15, 0.2) is 9.84 Å². The molecule has 2 atom stereocenters. The SMILES string of the molecule is Cn1cc(-c2cc(S(C)(=O)=O)ccc2OC23CC4CC(C2)C(O)C(C4)C3)c2cc[nH]c2c1=O. The zero-order valence-electron chi connectivity index (χ0n) is 18.7. The molecule has 0 aliphatic heterocycles. The highest BCUT2D eigenvalue weighted by Crippen LogP contribution is 2.57. The Bertz CT molecular complexity index is 1420. The van der Waals surface area contributed by atoms with Crippen LogP contribution in [0, 0.1) is 17.8 Å². The molecule has 4 aliphatic carbocycles. The monoisotopic (exact) mass is 468 g/mol. The number of nitrogens with one attached hydrogen (secondary N) is 1. The Morgan fingerprint density at radius 2 is 1.85 bits per heavy atom. The number of aryl methyl sites for hydroxylation is 1. The summed E-state index contributed by atoms with van der Waals surface area (Å²) >= 11 is 0. The fourth-order valence-corrected chi connectivity index (χ4v) is 7.45. The Morgan fingerprint density at radius 1 is 1.12 bits per heavy atom. The van der Waals surface area contributed by atoms with Crippen molar-refractivity contribution in [2.75, 3.05) is 6.26 Å². The minimum Gasteiger partial charge on any atom is -0.487 e. The fraction of sp³-hybridized carbons (Fsp3) is 0.480. The molecule has 0 saturated heterocycles. The first-order valence-electron chi connectivity index (χ1n) is 11.5. The molecule has 4 saturated carbocycles. The second-order valence-corrected chi connectivity index (χ2v) is 12.4. The molecule has 174 valence electrons. The number of H-pyrrole nitrogens is 1. The number of rotatable bonds is 4. The number of aromatic amines is 1. The molecule has 8 heteroatoms. The predicted molar refractivity (Wildman–Crippen MR) is 125 cm³/mol. The molecule has 2 aromatic heterocycles. The third kappa shape index (κ3) is 3.26. The van der Waals surface area contributed by atoms with Crippen molar-refractivity contribution in [2.24, 2.45) is 24.8 Å². The van der Waals surface area contributed by atoms with Crippen molar-refractivity contribution < 1.29 is 18.3 Å². The lowest BCUT2D eigenvalue weighted by atomic mass is 9.53. The molecule has 2 N–H and O–H groups in total. The van der Waals surface area contributed by atoms with Crippen LogP contribution < -0.4 is 10.3 Å². The van der Waals surface area contributed by atoms with Crippen LogP contribution in [0.15, 0.2) is 46.3 Å². The van der Waals surface area contributed by atoms with Crippen LogP contribution in [-0.2, 0) is 16.9 Å². The maximum absolute atomic E-state index is 12.6. The van der Waals surface area contributed by atoms with Gasteiger partial charge in [-0.05, 0) is 74.1 Å². The molecule has 33 heavy (non-hydrogen) atoms. The Hall–Kier alpha value is -2.58. The molecular formula is C25H28N2O5S. The van der Waals surface area contributed by atoms with Gasteiger partial charge in [-0.3, -0.25) is 4.79 Å². The molecule has 0 radical (unpaired) electrons. The number of hydrogen-bond acceptors (Lipinski definition) is 5. The van der Waals surface area contributed by atoms with Gasteiger partial charge < -0.3 is 19.4 Å². The van der Waals surface area contributed by atoms with Gasteiger partial charge in [0, 0.05) is 42.2 Å². The Morgan fingerprint density at radius 3 is 2.55 bits per heavy atom. The van der Waals surface area contributed by atoms with E-state index >= 15 is 0 Å². The van der Waals surface area contributed by atoms with Crippen LogP contribution in [-0.4, -0.2) is 41.0 Å². The Balaban J connectivity index is 1.51. The number of aromatic nitrogens is 2. The van der Waals surface area contributed by atoms with Crippen molar-refractivity contribution in [3.05, 3.63) is 47.0 Å². The molecule has 3 aromatic rings. The van der Waals surface area contributed by atoms with E-state index in [4.69, 9.17) is 4.74 Å². The maximum Gasteiger partial charge on any atom is 0.274 e. The highest BCUT2D eigenvalue weighted by molar-refractivity contribution is 7.90. The number of pyridine rings is 1. The number of hydrogen-bond donors (Lipinski definition) is 2. The minimum absolute atomic E-state index is 0.143. The van der Waals surface area contributed by atoms with Crippen LogP contribution >= 0.6 is 0 Å². The number of ether oxygens (including phenoxy) is 1. The highest BCUT2D eigenvalue weighted by atomic mass is 32.2. The normalized spacial score (nSPS) is 30.8. The quantitative estimate of drug-likeness (QED) is 0.612. The molecule has 4 fully saturated rings. The van der Waals surface area contributed by atoms with Gasteiger partial charge in [0.2, 0.25) is 0 Å². The summed E-state index contributed by atoms with van der Waals surface area (Å²) in [6, 6.07) is 6.85. The molecule has 7 nitrogen and oxygen atoms in total. The van der Waals surface area contributed by atoms with E-state index in [2.05, 4.69) is 4.98 Å². The summed E-state index contributed by atoms with van der Waals surface area (Å²) < 4.78 is 33.1. The van der Waals surface area contributed by atoms with E-state index in [0.29, 0.717) is 22.7 Å². The van der Waals surface area contributed by atoms with Crippen LogP contribution in [0.5, 0.6) is 5.75 Å². The van der Waals surface area contributed by atoms with Crippen LogP contribution in [0.2, 0.25) is 0 Å². The van der Waals surface area contributed by atoms with Crippen LogP contribution in [0.1, 0.15) is 32.1 Å². The minimum atomic E-state index is -3.43. The first-order chi connectivity index (χ1) is 15.6. The number of benzene rings is 1. The van der Waals surface area contributed by atoms with Crippen molar-refractivity contribution in [1.82, 2.24) is 9.55 Å². The second kappa shape index (κ2) is 6.96. The molecule has 1 aromatic carbocycles. The molecule has 2 heterocycles. The van der Waals surface area contributed by atoms with Crippen molar-refractivity contribution in [2.45, 2.75) is 48.7 Å².